The molecule has 0 aliphatic heterocycles. The Balaban J connectivity index is 2.18. The Morgan fingerprint density at radius 2 is 2.12 bits per heavy atom. The van der Waals surface area contributed by atoms with E-state index >= 15 is 0 Å². The van der Waals surface area contributed by atoms with E-state index < -0.39 is 0 Å². The van der Waals surface area contributed by atoms with Crippen molar-refractivity contribution in [2.45, 2.75) is 38.1 Å². The van der Waals surface area contributed by atoms with E-state index in [2.05, 4.69) is 9.88 Å². The average Bonchev–Trinajstić information content (AvgIpc) is 2.38. The summed E-state index contributed by atoms with van der Waals surface area (Å²) in [5.74, 6) is 0.827. The summed E-state index contributed by atoms with van der Waals surface area (Å²) in [5.41, 5.74) is 6.67. The number of hydrogen-bond donors (Lipinski definition) is 2. The van der Waals surface area contributed by atoms with Gasteiger partial charge in [0.05, 0.1) is 12.3 Å². The number of aliphatic hydroxyl groups excluding tert-OH is 1. The summed E-state index contributed by atoms with van der Waals surface area (Å²) in [6, 6.07) is 4.19. The smallest absolute Gasteiger partial charge is 0.152 e. The minimum atomic E-state index is 0.145. The van der Waals surface area contributed by atoms with Gasteiger partial charge in [0.1, 0.15) is 0 Å². The SMILES string of the molecule is Nc1cccnc1N(CCO)C1CCCCC1. The molecule has 0 spiro atoms. The molecule has 3 N–H and O–H groups in total. The lowest BCUT2D eigenvalue weighted by molar-refractivity contribution is 0.289. The maximum atomic E-state index is 9.21. The molecule has 94 valence electrons. The maximum Gasteiger partial charge on any atom is 0.152 e. The zero-order chi connectivity index (χ0) is 12.1. The lowest BCUT2D eigenvalue weighted by atomic mass is 9.94. The molecule has 0 radical (unpaired) electrons. The molecule has 4 heteroatoms. The van der Waals surface area contributed by atoms with Crippen molar-refractivity contribution in [1.29, 1.82) is 0 Å². The van der Waals surface area contributed by atoms with E-state index in [4.69, 9.17) is 5.73 Å². The van der Waals surface area contributed by atoms with Gasteiger partial charge in [-0.15, -0.1) is 0 Å². The second kappa shape index (κ2) is 5.87. The number of nitrogens with two attached hydrogens (primary N) is 1. The van der Waals surface area contributed by atoms with Crippen molar-refractivity contribution < 1.29 is 5.11 Å². The first-order chi connectivity index (χ1) is 8.33. The van der Waals surface area contributed by atoms with Gasteiger partial charge in [-0.1, -0.05) is 19.3 Å². The number of nitrogen functional groups attached to an aromatic ring is 1. The fraction of sp³-hybridized carbons (Fsp3) is 0.615. The molecule has 0 unspecified atom stereocenters. The van der Waals surface area contributed by atoms with E-state index in [1.165, 1.54) is 32.1 Å². The Hall–Kier alpha value is -1.29. The van der Waals surface area contributed by atoms with Gasteiger partial charge in [0.15, 0.2) is 5.82 Å². The van der Waals surface area contributed by atoms with Gasteiger partial charge in [-0.2, -0.15) is 0 Å². The van der Waals surface area contributed by atoms with E-state index in [1.54, 1.807) is 6.20 Å². The minimum absolute atomic E-state index is 0.145. The van der Waals surface area contributed by atoms with Gasteiger partial charge in [-0.05, 0) is 25.0 Å². The van der Waals surface area contributed by atoms with Crippen molar-refractivity contribution >= 4 is 11.5 Å². The Labute approximate surface area is 102 Å². The van der Waals surface area contributed by atoms with E-state index in [9.17, 15) is 5.11 Å². The molecule has 0 bridgehead atoms. The van der Waals surface area contributed by atoms with Crippen molar-refractivity contribution in [3.63, 3.8) is 0 Å². The van der Waals surface area contributed by atoms with Crippen LogP contribution < -0.4 is 10.6 Å². The molecule has 1 saturated carbocycles. The molecule has 0 atom stereocenters. The van der Waals surface area contributed by atoms with Gasteiger partial charge in [0.2, 0.25) is 0 Å². The molecule has 1 aliphatic carbocycles. The van der Waals surface area contributed by atoms with Crippen LogP contribution in [0, 0.1) is 0 Å². The number of aromatic nitrogens is 1. The highest BCUT2D eigenvalue weighted by atomic mass is 16.3. The molecule has 4 nitrogen and oxygen atoms in total. The van der Waals surface area contributed by atoms with Crippen molar-refractivity contribution in [3.8, 4) is 0 Å². The first-order valence-corrected chi connectivity index (χ1v) is 6.41. The summed E-state index contributed by atoms with van der Waals surface area (Å²) >= 11 is 0. The molecule has 2 rings (SSSR count). The van der Waals surface area contributed by atoms with Crippen LogP contribution in [0.25, 0.3) is 0 Å². The van der Waals surface area contributed by atoms with Crippen LogP contribution in [-0.4, -0.2) is 29.3 Å². The van der Waals surface area contributed by atoms with Crippen molar-refractivity contribution in [2.75, 3.05) is 23.8 Å². The van der Waals surface area contributed by atoms with Crippen LogP contribution in [0.5, 0.6) is 0 Å². The fourth-order valence-corrected chi connectivity index (χ4v) is 2.61. The van der Waals surface area contributed by atoms with Crippen LogP contribution in [0.1, 0.15) is 32.1 Å². The van der Waals surface area contributed by atoms with Gasteiger partial charge in [0.25, 0.3) is 0 Å². The molecule has 0 saturated heterocycles. The molecule has 1 aliphatic rings. The Morgan fingerprint density at radius 1 is 1.35 bits per heavy atom. The number of aliphatic hydroxyl groups is 1. The molecule has 1 heterocycles. The predicted octanol–water partition coefficient (Wildman–Crippen LogP) is 1.80. The van der Waals surface area contributed by atoms with Crippen LogP contribution in [0.3, 0.4) is 0 Å². The first kappa shape index (κ1) is 12.2. The topological polar surface area (TPSA) is 62.4 Å². The third-order valence-electron chi connectivity index (χ3n) is 3.45. The van der Waals surface area contributed by atoms with Gasteiger partial charge in [-0.25, -0.2) is 4.98 Å². The lowest BCUT2D eigenvalue weighted by Crippen LogP contribution is -2.39. The molecule has 17 heavy (non-hydrogen) atoms. The second-order valence-electron chi connectivity index (χ2n) is 4.63. The number of rotatable bonds is 4. The first-order valence-electron chi connectivity index (χ1n) is 6.41. The molecule has 1 fully saturated rings. The van der Waals surface area contributed by atoms with E-state index in [-0.39, 0.29) is 6.61 Å². The summed E-state index contributed by atoms with van der Waals surface area (Å²) in [7, 11) is 0. The van der Waals surface area contributed by atoms with Gasteiger partial charge in [0, 0.05) is 18.8 Å². The molecule has 0 amide bonds. The Kier molecular flexibility index (Phi) is 4.20. The van der Waals surface area contributed by atoms with Gasteiger partial charge >= 0.3 is 0 Å². The Bertz CT molecular complexity index is 350. The fourth-order valence-electron chi connectivity index (χ4n) is 2.61. The van der Waals surface area contributed by atoms with Crippen molar-refractivity contribution in [3.05, 3.63) is 18.3 Å². The summed E-state index contributed by atoms with van der Waals surface area (Å²) in [5, 5.41) is 9.21. The largest absolute Gasteiger partial charge is 0.396 e. The van der Waals surface area contributed by atoms with Crippen molar-refractivity contribution in [1.82, 2.24) is 4.98 Å². The number of anilines is 2. The van der Waals surface area contributed by atoms with Gasteiger partial charge < -0.3 is 15.7 Å². The third kappa shape index (κ3) is 2.88. The predicted molar refractivity (Wildman–Crippen MR) is 70.0 cm³/mol. The van der Waals surface area contributed by atoms with Crippen molar-refractivity contribution in [2.24, 2.45) is 0 Å². The second-order valence-corrected chi connectivity index (χ2v) is 4.63. The zero-order valence-corrected chi connectivity index (χ0v) is 10.2. The zero-order valence-electron chi connectivity index (χ0n) is 10.2. The molecule has 0 aromatic carbocycles. The number of pyridine rings is 1. The quantitative estimate of drug-likeness (QED) is 0.835. The van der Waals surface area contributed by atoms with Crippen LogP contribution >= 0.6 is 0 Å². The van der Waals surface area contributed by atoms with E-state index in [0.717, 1.165) is 5.82 Å². The van der Waals surface area contributed by atoms with E-state index in [0.29, 0.717) is 18.3 Å². The molecule has 1 aromatic rings. The summed E-state index contributed by atoms with van der Waals surface area (Å²) in [6.07, 6.45) is 7.96. The van der Waals surface area contributed by atoms with Crippen LogP contribution in [0.4, 0.5) is 11.5 Å². The molecular formula is C13H21N3O. The summed E-state index contributed by atoms with van der Waals surface area (Å²) in [4.78, 5) is 6.54. The molecule has 1 aromatic heterocycles. The number of nitrogens with zero attached hydrogens (tertiary/aromatic N) is 2. The monoisotopic (exact) mass is 235 g/mol. The maximum absolute atomic E-state index is 9.21. The highest BCUT2D eigenvalue weighted by molar-refractivity contribution is 5.62. The Morgan fingerprint density at radius 3 is 2.76 bits per heavy atom. The minimum Gasteiger partial charge on any atom is -0.396 e. The lowest BCUT2D eigenvalue weighted by Gasteiger charge is -2.35. The van der Waals surface area contributed by atoms with Gasteiger partial charge in [-0.3, -0.25) is 0 Å². The van der Waals surface area contributed by atoms with Crippen LogP contribution in [0.15, 0.2) is 18.3 Å². The summed E-state index contributed by atoms with van der Waals surface area (Å²) in [6.45, 7) is 0.762. The highest BCUT2D eigenvalue weighted by Crippen LogP contribution is 2.28. The molecular weight excluding hydrogens is 214 g/mol. The van der Waals surface area contributed by atoms with Crippen LogP contribution in [0.2, 0.25) is 0 Å². The average molecular weight is 235 g/mol. The standard InChI is InChI=1S/C13H21N3O/c14-12-7-4-8-15-13(12)16(9-10-17)11-5-2-1-3-6-11/h4,7-8,11,17H,1-3,5-6,9-10,14H2. The highest BCUT2D eigenvalue weighted by Gasteiger charge is 2.23. The van der Waals surface area contributed by atoms with Crippen LogP contribution in [-0.2, 0) is 0 Å². The summed E-state index contributed by atoms with van der Waals surface area (Å²) < 4.78 is 0. The van der Waals surface area contributed by atoms with E-state index in [1.807, 2.05) is 12.1 Å². The normalized spacial score (nSPS) is 17.0. The third-order valence-corrected chi connectivity index (χ3v) is 3.45. The number of hydrogen-bond acceptors (Lipinski definition) is 4.